The number of allylic oxidation sites excluding steroid dienone is 4. The van der Waals surface area contributed by atoms with Gasteiger partial charge >= 0.3 is 0 Å². The van der Waals surface area contributed by atoms with E-state index < -0.39 is 6.10 Å². The van der Waals surface area contributed by atoms with Crippen molar-refractivity contribution in [1.29, 1.82) is 0 Å². The van der Waals surface area contributed by atoms with Crippen molar-refractivity contribution in [3.05, 3.63) is 36.5 Å². The molecule has 12 heavy (non-hydrogen) atoms. The van der Waals surface area contributed by atoms with Crippen LogP contribution in [0.3, 0.4) is 0 Å². The molecule has 0 aliphatic heterocycles. The van der Waals surface area contributed by atoms with E-state index in [2.05, 4.69) is 0 Å². The van der Waals surface area contributed by atoms with Crippen LogP contribution < -0.4 is 0 Å². The summed E-state index contributed by atoms with van der Waals surface area (Å²) in [7, 11) is 0. The summed E-state index contributed by atoms with van der Waals surface area (Å²) in [6.45, 7) is 1.86. The van der Waals surface area contributed by atoms with Crippen molar-refractivity contribution in [2.24, 2.45) is 0 Å². The van der Waals surface area contributed by atoms with Crippen LogP contribution in [0.2, 0.25) is 0 Å². The quantitative estimate of drug-likeness (QED) is 0.292. The molecule has 1 atom stereocenters. The highest BCUT2D eigenvalue weighted by Gasteiger charge is 1.91. The first-order valence-corrected chi connectivity index (χ1v) is 3.89. The van der Waals surface area contributed by atoms with E-state index in [1.54, 1.807) is 24.3 Å². The van der Waals surface area contributed by atoms with Crippen LogP contribution in [0.25, 0.3) is 0 Å². The molecule has 0 saturated heterocycles. The number of aliphatic hydroxyl groups excluding tert-OH is 1. The first-order valence-electron chi connectivity index (χ1n) is 3.89. The second-order valence-electron chi connectivity index (χ2n) is 2.28. The summed E-state index contributed by atoms with van der Waals surface area (Å²) in [6, 6.07) is 0. The number of carbonyl (C=O) groups excluding carboxylic acids is 1. The lowest BCUT2D eigenvalue weighted by atomic mass is 10.2. The summed E-state index contributed by atoms with van der Waals surface area (Å²) >= 11 is 0. The molecule has 1 N–H and O–H groups in total. The van der Waals surface area contributed by atoms with Gasteiger partial charge in [-0.05, 0) is 19.4 Å². The highest BCUT2D eigenvalue weighted by molar-refractivity contribution is 5.65. The third kappa shape index (κ3) is 6.96. The van der Waals surface area contributed by atoms with Crippen molar-refractivity contribution in [3.63, 3.8) is 0 Å². The van der Waals surface area contributed by atoms with Gasteiger partial charge in [0.2, 0.25) is 0 Å². The van der Waals surface area contributed by atoms with Crippen LogP contribution >= 0.6 is 0 Å². The van der Waals surface area contributed by atoms with Crippen LogP contribution in [0.1, 0.15) is 13.3 Å². The fraction of sp³-hybridized carbons (Fsp3) is 0.300. The topological polar surface area (TPSA) is 37.3 Å². The van der Waals surface area contributed by atoms with Gasteiger partial charge in [0, 0.05) is 0 Å². The molecule has 2 heteroatoms. The highest BCUT2D eigenvalue weighted by atomic mass is 16.3. The van der Waals surface area contributed by atoms with E-state index in [1.807, 2.05) is 13.0 Å². The van der Waals surface area contributed by atoms with E-state index in [4.69, 9.17) is 0 Å². The van der Waals surface area contributed by atoms with Crippen molar-refractivity contribution < 1.29 is 9.90 Å². The second-order valence-corrected chi connectivity index (χ2v) is 2.28. The number of hydrogen-bond donors (Lipinski definition) is 1. The smallest absolute Gasteiger partial charge is 0.142 e. The fourth-order valence-corrected chi connectivity index (χ4v) is 0.707. The molecule has 0 aromatic carbocycles. The lowest BCUT2D eigenvalue weighted by molar-refractivity contribution is -0.104. The number of carbonyl (C=O) groups is 1. The molecule has 0 saturated carbocycles. The molecule has 0 spiro atoms. The Morgan fingerprint density at radius 1 is 1.33 bits per heavy atom. The molecule has 0 heterocycles. The van der Waals surface area contributed by atoms with Crippen LogP contribution in [-0.2, 0) is 4.79 Å². The molecule has 0 aliphatic carbocycles. The predicted octanol–water partition coefficient (Wildman–Crippen LogP) is 1.62. The predicted molar refractivity (Wildman–Crippen MR) is 49.8 cm³/mol. The molecule has 0 amide bonds. The maximum atomic E-state index is 9.82. The van der Waals surface area contributed by atoms with E-state index in [1.165, 1.54) is 6.08 Å². The van der Waals surface area contributed by atoms with Gasteiger partial charge in [0.15, 0.2) is 0 Å². The highest BCUT2D eigenvalue weighted by Crippen LogP contribution is 1.94. The lowest BCUT2D eigenvalue weighted by Crippen LogP contribution is -1.98. The summed E-state index contributed by atoms with van der Waals surface area (Å²) in [5, 5.41) is 9.17. The van der Waals surface area contributed by atoms with E-state index in [9.17, 15) is 9.90 Å². The summed E-state index contributed by atoms with van der Waals surface area (Å²) in [4.78, 5) is 9.82. The van der Waals surface area contributed by atoms with Crippen molar-refractivity contribution in [3.8, 4) is 0 Å². The van der Waals surface area contributed by atoms with Crippen LogP contribution in [0.15, 0.2) is 36.5 Å². The van der Waals surface area contributed by atoms with Gasteiger partial charge in [-0.25, -0.2) is 0 Å². The summed E-state index contributed by atoms with van der Waals surface area (Å²) in [5.74, 6) is 0. The Bertz CT molecular complexity index is 190. The van der Waals surface area contributed by atoms with Crippen LogP contribution in [0, 0.1) is 0 Å². The van der Waals surface area contributed by atoms with E-state index in [-0.39, 0.29) is 0 Å². The molecule has 0 bridgehead atoms. The van der Waals surface area contributed by atoms with Crippen molar-refractivity contribution in [2.75, 3.05) is 0 Å². The van der Waals surface area contributed by atoms with Gasteiger partial charge in [0.25, 0.3) is 0 Å². The van der Waals surface area contributed by atoms with Crippen LogP contribution in [0.4, 0.5) is 0 Å². The standard InChI is InChI=1S/C10H14O2/c1-2-7-10(12)8-5-3-4-6-9-11/h2-7,9-10,12H,8H2,1H3/b5-3+,6-4+,7-2+. The Labute approximate surface area is 72.9 Å². The largest absolute Gasteiger partial charge is 0.389 e. The Morgan fingerprint density at radius 3 is 2.67 bits per heavy atom. The molecular formula is C10H14O2. The zero-order valence-electron chi connectivity index (χ0n) is 7.18. The minimum Gasteiger partial charge on any atom is -0.389 e. The average molecular weight is 166 g/mol. The maximum absolute atomic E-state index is 9.82. The number of hydrogen-bond acceptors (Lipinski definition) is 2. The van der Waals surface area contributed by atoms with Gasteiger partial charge in [-0.15, -0.1) is 0 Å². The Balaban J connectivity index is 3.59. The van der Waals surface area contributed by atoms with Crippen molar-refractivity contribution in [2.45, 2.75) is 19.4 Å². The van der Waals surface area contributed by atoms with Gasteiger partial charge in [0.1, 0.15) is 6.29 Å². The lowest BCUT2D eigenvalue weighted by Gasteiger charge is -1.97. The van der Waals surface area contributed by atoms with Crippen LogP contribution in [0.5, 0.6) is 0 Å². The van der Waals surface area contributed by atoms with Gasteiger partial charge in [-0.1, -0.05) is 30.4 Å². The molecule has 0 aromatic heterocycles. The van der Waals surface area contributed by atoms with E-state index in [0.717, 1.165) is 0 Å². The normalized spacial score (nSPS) is 14.8. The molecule has 0 fully saturated rings. The maximum Gasteiger partial charge on any atom is 0.142 e. The third-order valence-corrected chi connectivity index (χ3v) is 1.23. The second kappa shape index (κ2) is 7.95. The number of rotatable bonds is 5. The number of aldehydes is 1. The van der Waals surface area contributed by atoms with E-state index in [0.29, 0.717) is 12.7 Å². The van der Waals surface area contributed by atoms with Crippen molar-refractivity contribution >= 4 is 6.29 Å². The summed E-state index contributed by atoms with van der Waals surface area (Å²) in [6.07, 6.45) is 11.0. The zero-order chi connectivity index (χ0) is 9.23. The van der Waals surface area contributed by atoms with E-state index >= 15 is 0 Å². The minimum atomic E-state index is -0.420. The first-order chi connectivity index (χ1) is 5.81. The molecule has 1 unspecified atom stereocenters. The average Bonchev–Trinajstić information content (AvgIpc) is 2.05. The molecular weight excluding hydrogens is 152 g/mol. The number of aliphatic hydroxyl groups is 1. The minimum absolute atomic E-state index is 0.420. The Hall–Kier alpha value is -1.15. The molecule has 0 rings (SSSR count). The van der Waals surface area contributed by atoms with Gasteiger partial charge in [-0.2, -0.15) is 0 Å². The molecule has 2 nitrogen and oxygen atoms in total. The van der Waals surface area contributed by atoms with Gasteiger partial charge in [0.05, 0.1) is 6.10 Å². The van der Waals surface area contributed by atoms with Gasteiger partial charge in [-0.3, -0.25) is 4.79 Å². The summed E-state index contributed by atoms with van der Waals surface area (Å²) < 4.78 is 0. The third-order valence-electron chi connectivity index (χ3n) is 1.23. The first kappa shape index (κ1) is 10.8. The van der Waals surface area contributed by atoms with Crippen LogP contribution in [-0.4, -0.2) is 17.5 Å². The molecule has 0 aromatic rings. The monoisotopic (exact) mass is 166 g/mol. The summed E-state index contributed by atoms with van der Waals surface area (Å²) in [5.41, 5.74) is 0. The fourth-order valence-electron chi connectivity index (χ4n) is 0.707. The Kier molecular flexibility index (Phi) is 7.19. The van der Waals surface area contributed by atoms with Gasteiger partial charge < -0.3 is 5.11 Å². The molecule has 0 aliphatic rings. The SMILES string of the molecule is C/C=C/C(O)C/C=C/C=C/C=O. The molecule has 66 valence electrons. The Morgan fingerprint density at radius 2 is 2.08 bits per heavy atom. The van der Waals surface area contributed by atoms with Crippen molar-refractivity contribution in [1.82, 2.24) is 0 Å². The zero-order valence-corrected chi connectivity index (χ0v) is 7.18. The molecule has 0 radical (unpaired) electrons.